The van der Waals surface area contributed by atoms with Gasteiger partial charge in [-0.3, -0.25) is 4.79 Å². The van der Waals surface area contributed by atoms with Crippen molar-refractivity contribution in [2.45, 2.75) is 96.8 Å². The van der Waals surface area contributed by atoms with Crippen LogP contribution in [0.4, 0.5) is 0 Å². The summed E-state index contributed by atoms with van der Waals surface area (Å²) in [6, 6.07) is 0. The van der Waals surface area contributed by atoms with Gasteiger partial charge in [0.15, 0.2) is 0 Å². The molecule has 0 atom stereocenters. The van der Waals surface area contributed by atoms with E-state index in [9.17, 15) is 4.79 Å². The second kappa shape index (κ2) is 18.0. The van der Waals surface area contributed by atoms with E-state index in [4.69, 9.17) is 5.11 Å². The van der Waals surface area contributed by atoms with Gasteiger partial charge >= 0.3 is 5.97 Å². The summed E-state index contributed by atoms with van der Waals surface area (Å²) in [6.07, 6.45) is 25.2. The highest BCUT2D eigenvalue weighted by atomic mass is 16.4. The highest BCUT2D eigenvalue weighted by Crippen LogP contribution is 2.08. The van der Waals surface area contributed by atoms with Crippen LogP contribution in [0.25, 0.3) is 0 Å². The lowest BCUT2D eigenvalue weighted by Gasteiger charge is -1.97. The standard InChI is InChI=1S/C20H36O2/c1-2-3-4-5-6-7-8-9-10-11-12-13-14-15-16-17-18-19-20(21)22/h6-7,13-14H,2-5,8-12,15-19H2,1H3,(H,21,22)/b7-6-,14-13-. The SMILES string of the molecule is CCCCC/C=C\CCCCC/C=C\CCCCCC(=O)O. The highest BCUT2D eigenvalue weighted by molar-refractivity contribution is 5.66. The van der Waals surface area contributed by atoms with E-state index in [-0.39, 0.29) is 0 Å². The highest BCUT2D eigenvalue weighted by Gasteiger charge is 1.94. The first-order valence-corrected chi connectivity index (χ1v) is 9.29. The van der Waals surface area contributed by atoms with Crippen LogP contribution in [-0.4, -0.2) is 11.1 Å². The Labute approximate surface area is 137 Å². The van der Waals surface area contributed by atoms with Gasteiger partial charge in [0.05, 0.1) is 0 Å². The Morgan fingerprint density at radius 3 is 1.50 bits per heavy atom. The molecule has 1 N–H and O–H groups in total. The van der Waals surface area contributed by atoms with E-state index in [1.807, 2.05) is 0 Å². The van der Waals surface area contributed by atoms with Gasteiger partial charge in [-0.25, -0.2) is 0 Å². The van der Waals surface area contributed by atoms with E-state index >= 15 is 0 Å². The zero-order chi connectivity index (χ0) is 16.3. The molecule has 2 heteroatoms. The Hall–Kier alpha value is -1.05. The van der Waals surface area contributed by atoms with E-state index in [1.54, 1.807) is 0 Å². The van der Waals surface area contributed by atoms with Crippen molar-refractivity contribution in [3.8, 4) is 0 Å². The zero-order valence-corrected chi connectivity index (χ0v) is 14.6. The molecule has 0 aliphatic carbocycles. The first-order chi connectivity index (χ1) is 10.8. The molecule has 0 amide bonds. The first-order valence-electron chi connectivity index (χ1n) is 9.29. The monoisotopic (exact) mass is 308 g/mol. The molecule has 22 heavy (non-hydrogen) atoms. The fourth-order valence-electron chi connectivity index (χ4n) is 2.40. The van der Waals surface area contributed by atoms with Crippen LogP contribution in [0.5, 0.6) is 0 Å². The molecule has 2 nitrogen and oxygen atoms in total. The molecule has 0 saturated carbocycles. The molecule has 0 spiro atoms. The summed E-state index contributed by atoms with van der Waals surface area (Å²) in [5, 5.41) is 8.52. The molecule has 128 valence electrons. The zero-order valence-electron chi connectivity index (χ0n) is 14.6. The number of aliphatic carboxylic acids is 1. The first kappa shape index (κ1) is 20.9. The van der Waals surface area contributed by atoms with Gasteiger partial charge in [0, 0.05) is 6.42 Å². The molecule has 0 aliphatic rings. The van der Waals surface area contributed by atoms with Gasteiger partial charge in [-0.05, 0) is 57.8 Å². The summed E-state index contributed by atoms with van der Waals surface area (Å²) in [6.45, 7) is 2.25. The molecule has 0 aromatic rings. The molecule has 0 unspecified atom stereocenters. The number of carboxylic acid groups (broad SMARTS) is 1. The molecule has 0 fully saturated rings. The summed E-state index contributed by atoms with van der Waals surface area (Å²) in [7, 11) is 0. The van der Waals surface area contributed by atoms with E-state index in [2.05, 4.69) is 31.2 Å². The molecule has 0 aliphatic heterocycles. The van der Waals surface area contributed by atoms with Crippen LogP contribution in [0.3, 0.4) is 0 Å². The normalized spacial score (nSPS) is 11.7. The van der Waals surface area contributed by atoms with Crippen LogP contribution in [0, 0.1) is 0 Å². The fraction of sp³-hybridized carbons (Fsp3) is 0.750. The molecular weight excluding hydrogens is 272 g/mol. The minimum atomic E-state index is -0.675. The number of unbranched alkanes of at least 4 members (excludes halogenated alkanes) is 10. The maximum Gasteiger partial charge on any atom is 0.303 e. The Balaban J connectivity index is 3.15. The lowest BCUT2D eigenvalue weighted by atomic mass is 10.1. The van der Waals surface area contributed by atoms with E-state index in [0.29, 0.717) is 6.42 Å². The van der Waals surface area contributed by atoms with Crippen LogP contribution >= 0.6 is 0 Å². The molecule has 0 bridgehead atoms. The van der Waals surface area contributed by atoms with Crippen molar-refractivity contribution in [1.82, 2.24) is 0 Å². The van der Waals surface area contributed by atoms with Crippen LogP contribution in [-0.2, 0) is 4.79 Å². The molecule has 0 rings (SSSR count). The number of carbonyl (C=O) groups is 1. The van der Waals surface area contributed by atoms with Crippen molar-refractivity contribution in [3.63, 3.8) is 0 Å². The van der Waals surface area contributed by atoms with Gasteiger partial charge < -0.3 is 5.11 Å². The van der Waals surface area contributed by atoms with Crippen LogP contribution in [0.2, 0.25) is 0 Å². The molecule has 0 aromatic heterocycles. The number of allylic oxidation sites excluding steroid dienone is 4. The van der Waals surface area contributed by atoms with Gasteiger partial charge in [-0.1, -0.05) is 56.9 Å². The van der Waals surface area contributed by atoms with Crippen LogP contribution < -0.4 is 0 Å². The largest absolute Gasteiger partial charge is 0.481 e. The van der Waals surface area contributed by atoms with E-state index < -0.39 is 5.97 Å². The summed E-state index contributed by atoms with van der Waals surface area (Å²) in [5.41, 5.74) is 0. The van der Waals surface area contributed by atoms with Crippen molar-refractivity contribution in [2.24, 2.45) is 0 Å². The van der Waals surface area contributed by atoms with Crippen molar-refractivity contribution in [2.75, 3.05) is 0 Å². The average Bonchev–Trinajstić information content (AvgIpc) is 2.50. The van der Waals surface area contributed by atoms with Gasteiger partial charge in [-0.15, -0.1) is 0 Å². The number of hydrogen-bond donors (Lipinski definition) is 1. The molecular formula is C20H36O2. The van der Waals surface area contributed by atoms with Crippen molar-refractivity contribution in [1.29, 1.82) is 0 Å². The molecule has 0 aromatic carbocycles. The Morgan fingerprint density at radius 2 is 1.09 bits per heavy atom. The summed E-state index contributed by atoms with van der Waals surface area (Å²) in [5.74, 6) is -0.675. The molecule has 0 saturated heterocycles. The Bertz CT molecular complexity index is 292. The quantitative estimate of drug-likeness (QED) is 0.255. The third kappa shape index (κ3) is 18.9. The van der Waals surface area contributed by atoms with Crippen LogP contribution in [0.15, 0.2) is 24.3 Å². The molecule has 0 radical (unpaired) electrons. The maximum atomic E-state index is 10.3. The minimum Gasteiger partial charge on any atom is -0.481 e. The maximum absolute atomic E-state index is 10.3. The van der Waals surface area contributed by atoms with Gasteiger partial charge in [-0.2, -0.15) is 0 Å². The van der Waals surface area contributed by atoms with Crippen molar-refractivity contribution < 1.29 is 9.90 Å². The predicted octanol–water partition coefficient (Wildman–Crippen LogP) is 6.66. The smallest absolute Gasteiger partial charge is 0.303 e. The topological polar surface area (TPSA) is 37.3 Å². The van der Waals surface area contributed by atoms with Crippen molar-refractivity contribution in [3.05, 3.63) is 24.3 Å². The Kier molecular flexibility index (Phi) is 17.1. The van der Waals surface area contributed by atoms with Crippen molar-refractivity contribution >= 4 is 5.97 Å². The number of hydrogen-bond acceptors (Lipinski definition) is 1. The van der Waals surface area contributed by atoms with E-state index in [1.165, 1.54) is 57.8 Å². The summed E-state index contributed by atoms with van der Waals surface area (Å²) in [4.78, 5) is 10.3. The van der Waals surface area contributed by atoms with Gasteiger partial charge in [0.2, 0.25) is 0 Å². The minimum absolute atomic E-state index is 0.316. The second-order valence-electron chi connectivity index (χ2n) is 6.07. The van der Waals surface area contributed by atoms with Gasteiger partial charge in [0.25, 0.3) is 0 Å². The lowest BCUT2D eigenvalue weighted by Crippen LogP contribution is -1.93. The van der Waals surface area contributed by atoms with Crippen LogP contribution in [0.1, 0.15) is 96.8 Å². The summed E-state index contributed by atoms with van der Waals surface area (Å²) >= 11 is 0. The third-order valence-electron chi connectivity index (χ3n) is 3.81. The second-order valence-corrected chi connectivity index (χ2v) is 6.07. The predicted molar refractivity (Wildman–Crippen MR) is 96.2 cm³/mol. The fourth-order valence-corrected chi connectivity index (χ4v) is 2.40. The summed E-state index contributed by atoms with van der Waals surface area (Å²) < 4.78 is 0. The average molecular weight is 309 g/mol. The van der Waals surface area contributed by atoms with Gasteiger partial charge in [0.1, 0.15) is 0 Å². The van der Waals surface area contributed by atoms with E-state index in [0.717, 1.165) is 25.7 Å². The Morgan fingerprint density at radius 1 is 0.682 bits per heavy atom. The number of carboxylic acids is 1. The third-order valence-corrected chi connectivity index (χ3v) is 3.81. The lowest BCUT2D eigenvalue weighted by molar-refractivity contribution is -0.137. The number of rotatable bonds is 16. The molecule has 0 heterocycles.